The van der Waals surface area contributed by atoms with Gasteiger partial charge in [-0.2, -0.15) is 0 Å². The van der Waals surface area contributed by atoms with Gasteiger partial charge in [-0.3, -0.25) is 9.59 Å². The Kier molecular flexibility index (Phi) is 7.19. The van der Waals surface area contributed by atoms with Crippen LogP contribution < -0.4 is 15.8 Å². The van der Waals surface area contributed by atoms with E-state index < -0.39 is 24.6 Å². The summed E-state index contributed by atoms with van der Waals surface area (Å²) in [5.41, 5.74) is 6.20. The largest absolute Gasteiger partial charge is 0.497 e. The van der Waals surface area contributed by atoms with Crippen molar-refractivity contribution in [1.82, 2.24) is 5.32 Å². The third-order valence-electron chi connectivity index (χ3n) is 3.74. The monoisotopic (exact) mass is 390 g/mol. The van der Waals surface area contributed by atoms with E-state index in [9.17, 15) is 14.4 Å². The van der Waals surface area contributed by atoms with Crippen molar-refractivity contribution in [3.8, 4) is 5.75 Å². The first-order valence-corrected chi connectivity index (χ1v) is 8.41. The summed E-state index contributed by atoms with van der Waals surface area (Å²) in [4.78, 5) is 35.4. The molecular weight excluding hydrogens is 372 g/mol. The van der Waals surface area contributed by atoms with E-state index in [1.165, 1.54) is 7.11 Å². The van der Waals surface area contributed by atoms with Crippen molar-refractivity contribution >= 4 is 29.4 Å². The number of ketones is 1. The van der Waals surface area contributed by atoms with E-state index in [0.717, 1.165) is 0 Å². The molecular formula is C19H19ClN2O5. The molecule has 0 fully saturated rings. The quantitative estimate of drug-likeness (QED) is 0.532. The lowest BCUT2D eigenvalue weighted by Gasteiger charge is -2.17. The van der Waals surface area contributed by atoms with Gasteiger partial charge in [0.05, 0.1) is 19.6 Å². The van der Waals surface area contributed by atoms with Crippen LogP contribution in [0.2, 0.25) is 5.02 Å². The van der Waals surface area contributed by atoms with E-state index in [4.69, 9.17) is 26.8 Å². The molecule has 0 spiro atoms. The molecule has 0 unspecified atom stereocenters. The number of esters is 1. The number of rotatable bonds is 8. The SMILES string of the molecule is COc1ccc(C(=O)COC(=O)C[C@H](NC(N)=O)c2ccc(Cl)cc2)cc1. The number of nitrogens with one attached hydrogen (secondary N) is 1. The normalized spacial score (nSPS) is 11.3. The first kappa shape index (κ1) is 20.3. The fourth-order valence-electron chi connectivity index (χ4n) is 2.35. The number of nitrogens with two attached hydrogens (primary N) is 1. The molecule has 0 aliphatic carbocycles. The maximum Gasteiger partial charge on any atom is 0.312 e. The van der Waals surface area contributed by atoms with E-state index in [0.29, 0.717) is 21.9 Å². The highest BCUT2D eigenvalue weighted by Crippen LogP contribution is 2.20. The number of ether oxygens (including phenoxy) is 2. The van der Waals surface area contributed by atoms with Crippen molar-refractivity contribution in [2.75, 3.05) is 13.7 Å². The zero-order valence-corrected chi connectivity index (χ0v) is 15.4. The molecule has 3 N–H and O–H groups in total. The van der Waals surface area contributed by atoms with Crippen molar-refractivity contribution in [3.05, 3.63) is 64.7 Å². The number of Topliss-reactive ketones (excluding diaryl/α,β-unsaturated/α-hetero) is 1. The first-order chi connectivity index (χ1) is 12.9. The van der Waals surface area contributed by atoms with Crippen LogP contribution in [-0.2, 0) is 9.53 Å². The molecule has 0 aliphatic rings. The molecule has 0 aromatic heterocycles. The highest BCUT2D eigenvalue weighted by molar-refractivity contribution is 6.30. The number of carbonyl (C=O) groups is 3. The van der Waals surface area contributed by atoms with Crippen molar-refractivity contribution in [2.45, 2.75) is 12.5 Å². The molecule has 0 saturated carbocycles. The minimum absolute atomic E-state index is 0.180. The van der Waals surface area contributed by atoms with Crippen LogP contribution in [0.5, 0.6) is 5.75 Å². The molecule has 2 aromatic rings. The highest BCUT2D eigenvalue weighted by atomic mass is 35.5. The number of methoxy groups -OCH3 is 1. The second-order valence-electron chi connectivity index (χ2n) is 5.63. The lowest BCUT2D eigenvalue weighted by atomic mass is 10.0. The minimum atomic E-state index is -0.781. The number of benzene rings is 2. The summed E-state index contributed by atoms with van der Waals surface area (Å²) in [5, 5.41) is 2.99. The molecule has 2 amide bonds. The first-order valence-electron chi connectivity index (χ1n) is 8.03. The van der Waals surface area contributed by atoms with Crippen LogP contribution >= 0.6 is 11.6 Å². The lowest BCUT2D eigenvalue weighted by Crippen LogP contribution is -2.34. The molecule has 0 heterocycles. The summed E-state index contributed by atoms with van der Waals surface area (Å²) in [5.74, 6) is -0.380. The average Bonchev–Trinajstić information content (AvgIpc) is 2.66. The second-order valence-corrected chi connectivity index (χ2v) is 6.07. The van der Waals surface area contributed by atoms with Crippen molar-refractivity contribution in [1.29, 1.82) is 0 Å². The zero-order valence-electron chi connectivity index (χ0n) is 14.6. The number of carbonyl (C=O) groups excluding carboxylic acids is 3. The van der Waals surface area contributed by atoms with Gasteiger partial charge in [-0.25, -0.2) is 4.79 Å². The molecule has 7 nitrogen and oxygen atoms in total. The standard InChI is InChI=1S/C19H19ClN2O5/c1-26-15-8-4-13(5-9-15)17(23)11-27-18(24)10-16(22-19(21)25)12-2-6-14(20)7-3-12/h2-9,16H,10-11H2,1H3,(H3,21,22,25)/t16-/m0/s1. The summed E-state index contributed by atoms with van der Waals surface area (Å²) in [7, 11) is 1.52. The summed E-state index contributed by atoms with van der Waals surface area (Å²) in [6.45, 7) is -0.408. The number of hydrogen-bond acceptors (Lipinski definition) is 5. The Morgan fingerprint density at radius 2 is 1.70 bits per heavy atom. The number of urea groups is 1. The predicted octanol–water partition coefficient (Wildman–Crippen LogP) is 2.87. The second kappa shape index (κ2) is 9.59. The Morgan fingerprint density at radius 3 is 2.26 bits per heavy atom. The van der Waals surface area contributed by atoms with Crippen molar-refractivity contribution in [2.24, 2.45) is 5.73 Å². The maximum absolute atomic E-state index is 12.1. The molecule has 1 atom stereocenters. The van der Waals surface area contributed by atoms with Crippen LogP contribution in [0.4, 0.5) is 4.79 Å². The molecule has 0 aliphatic heterocycles. The number of amides is 2. The Hall–Kier alpha value is -3.06. The van der Waals surface area contributed by atoms with Gasteiger partial charge in [-0.05, 0) is 42.0 Å². The third kappa shape index (κ3) is 6.31. The van der Waals surface area contributed by atoms with Crippen LogP contribution in [-0.4, -0.2) is 31.5 Å². The molecule has 0 bridgehead atoms. The molecule has 2 rings (SSSR count). The van der Waals surface area contributed by atoms with Gasteiger partial charge in [0.2, 0.25) is 0 Å². The van der Waals surface area contributed by atoms with Gasteiger partial charge < -0.3 is 20.5 Å². The summed E-state index contributed by atoms with van der Waals surface area (Å²) in [6.07, 6.45) is -0.180. The Labute approximate surface area is 161 Å². The van der Waals surface area contributed by atoms with Gasteiger partial charge in [0.15, 0.2) is 12.4 Å². The van der Waals surface area contributed by atoms with Crippen LogP contribution in [0.15, 0.2) is 48.5 Å². The average molecular weight is 391 g/mol. The predicted molar refractivity (Wildman–Crippen MR) is 99.8 cm³/mol. The number of primary amides is 1. The Bertz CT molecular complexity index is 806. The molecule has 8 heteroatoms. The fourth-order valence-corrected chi connectivity index (χ4v) is 2.48. The van der Waals surface area contributed by atoms with Crippen LogP contribution in [0.3, 0.4) is 0 Å². The van der Waals surface area contributed by atoms with Crippen LogP contribution in [0.1, 0.15) is 28.4 Å². The van der Waals surface area contributed by atoms with Gasteiger partial charge in [0, 0.05) is 10.6 Å². The van der Waals surface area contributed by atoms with Gasteiger partial charge in [-0.1, -0.05) is 23.7 Å². The summed E-state index contributed by atoms with van der Waals surface area (Å²) < 4.78 is 10.1. The summed E-state index contributed by atoms with van der Waals surface area (Å²) >= 11 is 5.84. The number of hydrogen-bond donors (Lipinski definition) is 2. The topological polar surface area (TPSA) is 108 Å². The molecule has 142 valence electrons. The van der Waals surface area contributed by atoms with Gasteiger partial charge >= 0.3 is 12.0 Å². The van der Waals surface area contributed by atoms with E-state index in [-0.39, 0.29) is 12.2 Å². The van der Waals surface area contributed by atoms with Gasteiger partial charge in [0.1, 0.15) is 5.75 Å². The van der Waals surface area contributed by atoms with E-state index >= 15 is 0 Å². The number of halogens is 1. The van der Waals surface area contributed by atoms with Crippen LogP contribution in [0, 0.1) is 0 Å². The smallest absolute Gasteiger partial charge is 0.312 e. The fraction of sp³-hybridized carbons (Fsp3) is 0.211. The molecule has 0 saturated heterocycles. The molecule has 2 aromatic carbocycles. The lowest BCUT2D eigenvalue weighted by molar-refractivity contribution is -0.143. The summed E-state index contributed by atoms with van der Waals surface area (Å²) in [6, 6.07) is 11.6. The van der Waals surface area contributed by atoms with E-state index in [2.05, 4.69) is 5.32 Å². The Morgan fingerprint density at radius 1 is 1.07 bits per heavy atom. The molecule has 0 radical (unpaired) electrons. The van der Waals surface area contributed by atoms with E-state index in [1.54, 1.807) is 48.5 Å². The van der Waals surface area contributed by atoms with Gasteiger partial charge in [0.25, 0.3) is 0 Å². The van der Waals surface area contributed by atoms with Crippen molar-refractivity contribution < 1.29 is 23.9 Å². The highest BCUT2D eigenvalue weighted by Gasteiger charge is 2.19. The van der Waals surface area contributed by atoms with Crippen LogP contribution in [0.25, 0.3) is 0 Å². The van der Waals surface area contributed by atoms with E-state index in [1.807, 2.05) is 0 Å². The Balaban J connectivity index is 1.95. The van der Waals surface area contributed by atoms with Crippen molar-refractivity contribution in [3.63, 3.8) is 0 Å². The maximum atomic E-state index is 12.1. The van der Waals surface area contributed by atoms with Gasteiger partial charge in [-0.15, -0.1) is 0 Å². The third-order valence-corrected chi connectivity index (χ3v) is 3.99. The molecule has 27 heavy (non-hydrogen) atoms. The zero-order chi connectivity index (χ0) is 19.8. The minimum Gasteiger partial charge on any atom is -0.497 e.